The largest absolute Gasteiger partial charge is 0.285 e. The van der Waals surface area contributed by atoms with E-state index in [0.29, 0.717) is 5.56 Å². The summed E-state index contributed by atoms with van der Waals surface area (Å²) in [4.78, 5) is 0. The van der Waals surface area contributed by atoms with E-state index in [1.165, 1.54) is 0 Å². The van der Waals surface area contributed by atoms with Gasteiger partial charge in [0.1, 0.15) is 5.25 Å². The predicted octanol–water partition coefficient (Wildman–Crippen LogP) is 5.65. The average molecular weight is 415 g/mol. The molecule has 0 saturated heterocycles. The lowest BCUT2D eigenvalue weighted by Gasteiger charge is -2.41. The van der Waals surface area contributed by atoms with Gasteiger partial charge in [-0.2, -0.15) is 8.42 Å². The molecule has 0 amide bonds. The van der Waals surface area contributed by atoms with Crippen LogP contribution in [0.4, 0.5) is 0 Å². The first-order valence-corrected chi connectivity index (χ1v) is 11.2. The Hall–Kier alpha value is -3.21. The molecule has 0 saturated carbocycles. The quantitative estimate of drug-likeness (QED) is 0.328. The predicted molar refractivity (Wildman–Crippen MR) is 120 cm³/mol. The van der Waals surface area contributed by atoms with E-state index in [4.69, 9.17) is 0 Å². The van der Waals surface area contributed by atoms with Crippen LogP contribution in [0.5, 0.6) is 0 Å². The molecule has 0 aliphatic carbocycles. The molecule has 0 spiro atoms. The maximum Gasteiger partial charge on any atom is 0.273 e. The third kappa shape index (κ3) is 3.56. The van der Waals surface area contributed by atoms with Crippen molar-refractivity contribution in [3.8, 4) is 0 Å². The van der Waals surface area contributed by atoms with Crippen LogP contribution in [0.15, 0.2) is 121 Å². The summed E-state index contributed by atoms with van der Waals surface area (Å²) in [6.45, 7) is 0. The molecule has 1 N–H and O–H groups in total. The highest BCUT2D eigenvalue weighted by atomic mass is 32.2. The Morgan fingerprint density at radius 2 is 0.833 bits per heavy atom. The standard InChI is InChI=1S/C26H22O3S/c27-30(28,29)25(21-13-5-1-6-14-21)26(22-15-7-2-8-16-22,23-17-9-3-10-18-23)24-19-11-4-12-20-24/h1-20,25H,(H,27,28,29). The Labute approximate surface area is 177 Å². The summed E-state index contributed by atoms with van der Waals surface area (Å²) < 4.78 is 36.7. The average Bonchev–Trinajstić information content (AvgIpc) is 2.79. The van der Waals surface area contributed by atoms with Crippen molar-refractivity contribution in [2.24, 2.45) is 0 Å². The van der Waals surface area contributed by atoms with Crippen molar-refractivity contribution in [1.29, 1.82) is 0 Å². The van der Waals surface area contributed by atoms with Crippen molar-refractivity contribution in [1.82, 2.24) is 0 Å². The van der Waals surface area contributed by atoms with Gasteiger partial charge in [-0.05, 0) is 22.3 Å². The topological polar surface area (TPSA) is 54.4 Å². The summed E-state index contributed by atoms with van der Waals surface area (Å²) in [5.41, 5.74) is 1.73. The van der Waals surface area contributed by atoms with Gasteiger partial charge in [-0.1, -0.05) is 121 Å². The molecule has 3 nitrogen and oxygen atoms in total. The van der Waals surface area contributed by atoms with Crippen LogP contribution >= 0.6 is 0 Å². The third-order valence-corrected chi connectivity index (χ3v) is 6.70. The first-order chi connectivity index (χ1) is 14.5. The summed E-state index contributed by atoms with van der Waals surface area (Å²) >= 11 is 0. The van der Waals surface area contributed by atoms with E-state index in [2.05, 4.69) is 0 Å². The van der Waals surface area contributed by atoms with Gasteiger partial charge >= 0.3 is 0 Å². The van der Waals surface area contributed by atoms with Crippen molar-refractivity contribution < 1.29 is 13.0 Å². The smallest absolute Gasteiger partial charge is 0.273 e. The minimum atomic E-state index is -4.52. The van der Waals surface area contributed by atoms with Gasteiger partial charge in [0.05, 0.1) is 5.41 Å². The van der Waals surface area contributed by atoms with Crippen LogP contribution in [0, 0.1) is 0 Å². The van der Waals surface area contributed by atoms with E-state index in [1.807, 2.05) is 97.1 Å². The maximum absolute atomic E-state index is 13.1. The van der Waals surface area contributed by atoms with Gasteiger partial charge in [0.15, 0.2) is 0 Å². The van der Waals surface area contributed by atoms with Crippen molar-refractivity contribution >= 4 is 10.1 Å². The second kappa shape index (κ2) is 8.27. The molecule has 0 aliphatic rings. The fourth-order valence-electron chi connectivity index (χ4n) is 4.33. The Kier molecular flexibility index (Phi) is 5.53. The lowest BCUT2D eigenvalue weighted by Crippen LogP contribution is -2.40. The van der Waals surface area contributed by atoms with E-state index >= 15 is 0 Å². The zero-order valence-electron chi connectivity index (χ0n) is 16.3. The highest BCUT2D eigenvalue weighted by molar-refractivity contribution is 7.86. The van der Waals surface area contributed by atoms with E-state index < -0.39 is 20.8 Å². The molecule has 1 atom stereocenters. The zero-order valence-corrected chi connectivity index (χ0v) is 17.1. The zero-order chi connectivity index (χ0) is 21.0. The highest BCUT2D eigenvalue weighted by Crippen LogP contribution is 2.51. The first-order valence-electron chi connectivity index (χ1n) is 9.72. The van der Waals surface area contributed by atoms with Gasteiger partial charge in [0, 0.05) is 0 Å². The minimum absolute atomic E-state index is 0.525. The molecule has 0 bridgehead atoms. The van der Waals surface area contributed by atoms with Gasteiger partial charge in [-0.25, -0.2) is 0 Å². The molecule has 0 fully saturated rings. The molecule has 0 radical (unpaired) electrons. The lowest BCUT2D eigenvalue weighted by atomic mass is 9.65. The second-order valence-corrected chi connectivity index (χ2v) is 8.71. The van der Waals surface area contributed by atoms with Crippen LogP contribution in [0.2, 0.25) is 0 Å². The SMILES string of the molecule is O=S(=O)(O)C(c1ccccc1)C(c1ccccc1)(c1ccccc1)c1ccccc1. The van der Waals surface area contributed by atoms with E-state index in [9.17, 15) is 13.0 Å². The Morgan fingerprint density at radius 1 is 0.533 bits per heavy atom. The highest BCUT2D eigenvalue weighted by Gasteiger charge is 2.50. The fourth-order valence-corrected chi connectivity index (χ4v) is 5.69. The Balaban J connectivity index is 2.20. The maximum atomic E-state index is 13.1. The molecule has 0 aromatic heterocycles. The third-order valence-electron chi connectivity index (χ3n) is 5.48. The summed E-state index contributed by atoms with van der Waals surface area (Å²) in [6.07, 6.45) is 0. The first kappa shape index (κ1) is 20.1. The van der Waals surface area contributed by atoms with Gasteiger partial charge < -0.3 is 0 Å². The molecule has 0 heterocycles. The van der Waals surface area contributed by atoms with E-state index in [1.54, 1.807) is 24.3 Å². The molecule has 150 valence electrons. The summed E-state index contributed by atoms with van der Waals surface area (Å²) in [5.74, 6) is 0. The molecule has 1 unspecified atom stereocenters. The Bertz CT molecular complexity index is 1090. The van der Waals surface area contributed by atoms with Crippen LogP contribution in [-0.2, 0) is 15.5 Å². The van der Waals surface area contributed by atoms with Gasteiger partial charge in [-0.3, -0.25) is 4.55 Å². The molecular formula is C26H22O3S. The molecular weight excluding hydrogens is 392 g/mol. The van der Waals surface area contributed by atoms with Crippen LogP contribution in [0.3, 0.4) is 0 Å². The number of rotatable bonds is 6. The van der Waals surface area contributed by atoms with Gasteiger partial charge in [0.25, 0.3) is 10.1 Å². The van der Waals surface area contributed by atoms with Crippen molar-refractivity contribution in [2.45, 2.75) is 10.7 Å². The van der Waals surface area contributed by atoms with Crippen molar-refractivity contribution in [2.75, 3.05) is 0 Å². The summed E-state index contributed by atoms with van der Waals surface area (Å²) in [6, 6.07) is 37.5. The van der Waals surface area contributed by atoms with E-state index in [-0.39, 0.29) is 0 Å². The molecule has 0 aliphatic heterocycles. The van der Waals surface area contributed by atoms with Gasteiger partial charge in [0.2, 0.25) is 0 Å². The van der Waals surface area contributed by atoms with Crippen molar-refractivity contribution in [3.63, 3.8) is 0 Å². The lowest BCUT2D eigenvalue weighted by molar-refractivity contribution is 0.440. The molecule has 30 heavy (non-hydrogen) atoms. The van der Waals surface area contributed by atoms with Gasteiger partial charge in [-0.15, -0.1) is 0 Å². The molecule has 4 rings (SSSR count). The molecule has 4 aromatic carbocycles. The fraction of sp³-hybridized carbons (Fsp3) is 0.0769. The monoisotopic (exact) mass is 414 g/mol. The second-order valence-electron chi connectivity index (χ2n) is 7.21. The van der Waals surface area contributed by atoms with E-state index in [0.717, 1.165) is 16.7 Å². The minimum Gasteiger partial charge on any atom is -0.285 e. The molecule has 4 heteroatoms. The number of benzene rings is 4. The number of hydrogen-bond acceptors (Lipinski definition) is 2. The molecule has 4 aromatic rings. The number of hydrogen-bond donors (Lipinski definition) is 1. The van der Waals surface area contributed by atoms with Crippen LogP contribution < -0.4 is 0 Å². The summed E-state index contributed by atoms with van der Waals surface area (Å²) in [7, 11) is -4.52. The van der Waals surface area contributed by atoms with Crippen LogP contribution in [-0.4, -0.2) is 13.0 Å². The Morgan fingerprint density at radius 3 is 1.13 bits per heavy atom. The normalized spacial score (nSPS) is 13.0. The van der Waals surface area contributed by atoms with Crippen LogP contribution in [0.1, 0.15) is 27.5 Å². The summed E-state index contributed by atoms with van der Waals surface area (Å²) in [5, 5.41) is -1.24. The van der Waals surface area contributed by atoms with Crippen LogP contribution in [0.25, 0.3) is 0 Å². The van der Waals surface area contributed by atoms with Crippen molar-refractivity contribution in [3.05, 3.63) is 144 Å².